The molecule has 194 valence electrons. The Morgan fingerprint density at radius 1 is 1.33 bits per heavy atom. The van der Waals surface area contributed by atoms with Crippen molar-refractivity contribution >= 4 is 62.7 Å². The average Bonchev–Trinajstić information content (AvgIpc) is 3.26. The van der Waals surface area contributed by atoms with E-state index in [1.54, 1.807) is 19.1 Å². The minimum absolute atomic E-state index is 0.123. The number of thioether (sulfide) groups is 2. The van der Waals surface area contributed by atoms with E-state index in [1.807, 2.05) is 0 Å². The number of benzene rings is 1. The van der Waals surface area contributed by atoms with Gasteiger partial charge < -0.3 is 20.2 Å². The molecule has 14 nitrogen and oxygen atoms in total. The van der Waals surface area contributed by atoms with Crippen molar-refractivity contribution in [1.29, 1.82) is 0 Å². The molecule has 4 rings (SSSR count). The quantitative estimate of drug-likeness (QED) is 0.117. The van der Waals surface area contributed by atoms with Crippen molar-refractivity contribution in [2.75, 3.05) is 19.4 Å². The van der Waals surface area contributed by atoms with Crippen LogP contribution in [0.15, 0.2) is 39.4 Å². The highest BCUT2D eigenvalue weighted by molar-refractivity contribution is 8.13. The molecule has 0 spiro atoms. The summed E-state index contributed by atoms with van der Waals surface area (Å²) in [6.45, 7) is 1.26. The first kappa shape index (κ1) is 26.2. The number of hydrazine groups is 1. The first-order valence-corrected chi connectivity index (χ1v) is 13.7. The van der Waals surface area contributed by atoms with Crippen LogP contribution in [0.3, 0.4) is 0 Å². The summed E-state index contributed by atoms with van der Waals surface area (Å²) in [5.74, 6) is 2.59. The van der Waals surface area contributed by atoms with Crippen molar-refractivity contribution in [3.05, 3.63) is 29.8 Å². The first-order chi connectivity index (χ1) is 17.0. The van der Waals surface area contributed by atoms with Gasteiger partial charge in [-0.2, -0.15) is 13.5 Å². The molecule has 3 aliphatic rings. The van der Waals surface area contributed by atoms with Gasteiger partial charge in [0, 0.05) is 5.75 Å². The summed E-state index contributed by atoms with van der Waals surface area (Å²) < 4.78 is 30.8. The summed E-state index contributed by atoms with van der Waals surface area (Å²) in [6, 6.07) is 4.75. The normalized spacial score (nSPS) is 27.9. The first-order valence-electron chi connectivity index (χ1n) is 10.3. The zero-order valence-corrected chi connectivity index (χ0v) is 21.4. The molecular weight excluding hydrogens is 536 g/mol. The number of nitrogens with one attached hydrogen (secondary N) is 1. The van der Waals surface area contributed by atoms with E-state index in [-0.39, 0.29) is 16.4 Å². The number of rotatable bonds is 8. The predicted octanol–water partition coefficient (Wildman–Crippen LogP) is -0.882. The summed E-state index contributed by atoms with van der Waals surface area (Å²) in [7, 11) is -3.19. The van der Waals surface area contributed by atoms with E-state index < -0.39 is 56.8 Å². The van der Waals surface area contributed by atoms with Crippen molar-refractivity contribution in [2.45, 2.75) is 34.2 Å². The number of hydrogen-bond acceptors (Lipinski definition) is 13. The standard InChI is InChI=1S/C19H22N6O8S3/c1-10-3-5-11(6-4-10)36(30,31)33-19(18(28)29)7-24-15(27)13(16(24)34-8-19)22-14(26)12(23-32-2)17-25(20)21-9-35-17/h3-6,9,13,16-17H,7-8,20H2,1-2H3,(H,22,26)(H,28,29)/t13?,16-,17?,19?/m1/s1. The number of carboxylic acid groups (broad SMARTS) is 1. The van der Waals surface area contributed by atoms with Gasteiger partial charge in [0.1, 0.15) is 18.5 Å². The Morgan fingerprint density at radius 3 is 2.61 bits per heavy atom. The summed E-state index contributed by atoms with van der Waals surface area (Å²) in [4.78, 5) is 43.5. The van der Waals surface area contributed by atoms with Crippen molar-refractivity contribution in [3.63, 3.8) is 0 Å². The minimum atomic E-state index is -4.44. The molecule has 3 heterocycles. The maximum Gasteiger partial charge on any atom is 0.340 e. The van der Waals surface area contributed by atoms with Crippen LogP contribution >= 0.6 is 23.5 Å². The fraction of sp³-hybridized carbons (Fsp3) is 0.421. The highest BCUT2D eigenvalue weighted by atomic mass is 32.2. The number of nitrogens with two attached hydrogens (primary N) is 1. The van der Waals surface area contributed by atoms with Crippen molar-refractivity contribution < 1.29 is 36.9 Å². The highest BCUT2D eigenvalue weighted by Gasteiger charge is 2.60. The van der Waals surface area contributed by atoms with Crippen LogP contribution in [0, 0.1) is 6.92 Å². The molecule has 0 aromatic heterocycles. The van der Waals surface area contributed by atoms with Crippen molar-refractivity contribution in [2.24, 2.45) is 16.1 Å². The average molecular weight is 559 g/mol. The van der Waals surface area contributed by atoms with Crippen LogP contribution in [0.1, 0.15) is 5.56 Å². The second-order valence-electron chi connectivity index (χ2n) is 8.02. The number of aliphatic carboxylic acids is 1. The molecule has 2 fully saturated rings. The van der Waals surface area contributed by atoms with Crippen LogP contribution in [0.4, 0.5) is 0 Å². The van der Waals surface area contributed by atoms with E-state index in [1.165, 1.54) is 24.8 Å². The largest absolute Gasteiger partial charge is 0.479 e. The van der Waals surface area contributed by atoms with Gasteiger partial charge in [-0.15, -0.1) is 11.8 Å². The number of carbonyl (C=O) groups is 3. The number of amides is 2. The van der Waals surface area contributed by atoms with Gasteiger partial charge >= 0.3 is 5.97 Å². The van der Waals surface area contributed by atoms with Crippen LogP contribution in [0.5, 0.6) is 0 Å². The van der Waals surface area contributed by atoms with E-state index in [9.17, 15) is 27.9 Å². The van der Waals surface area contributed by atoms with Gasteiger partial charge in [0.25, 0.3) is 16.0 Å². The minimum Gasteiger partial charge on any atom is -0.479 e. The number of nitrogens with zero attached hydrogens (tertiary/aromatic N) is 4. The zero-order valence-electron chi connectivity index (χ0n) is 18.9. The molecule has 1 aromatic rings. The molecule has 1 aromatic carbocycles. The smallest absolute Gasteiger partial charge is 0.340 e. The number of hydrazone groups is 1. The molecule has 0 radical (unpaired) electrons. The van der Waals surface area contributed by atoms with Gasteiger partial charge in [-0.05, 0) is 19.1 Å². The molecule has 4 N–H and O–H groups in total. The Bertz CT molecular complexity index is 1240. The van der Waals surface area contributed by atoms with Crippen LogP contribution in [0.25, 0.3) is 0 Å². The van der Waals surface area contributed by atoms with Gasteiger partial charge in [0.05, 0.1) is 17.0 Å². The number of aryl methyl sites for hydroxylation is 1. The molecular formula is C19H22N6O8S3. The molecule has 0 saturated carbocycles. The Hall–Kier alpha value is -2.86. The lowest BCUT2D eigenvalue weighted by atomic mass is 9.99. The van der Waals surface area contributed by atoms with E-state index in [0.29, 0.717) is 0 Å². The summed E-state index contributed by atoms with van der Waals surface area (Å²) >= 11 is 2.09. The van der Waals surface area contributed by atoms with Gasteiger partial charge in [-0.3, -0.25) is 9.59 Å². The maximum atomic E-state index is 12.8. The zero-order chi connectivity index (χ0) is 26.3. The SMILES string of the molecule is CON=C(C(=O)NC1C(=O)N2CC(OS(=O)(=O)c3ccc(C)cc3)(C(=O)O)CS[C@H]12)C1SC=NN1N. The van der Waals surface area contributed by atoms with Gasteiger partial charge in [0.2, 0.25) is 11.5 Å². The summed E-state index contributed by atoms with van der Waals surface area (Å²) in [5.41, 5.74) is -0.0844. The molecule has 0 aliphatic carbocycles. The lowest BCUT2D eigenvalue weighted by Gasteiger charge is -2.53. The van der Waals surface area contributed by atoms with Crippen molar-refractivity contribution in [3.8, 4) is 0 Å². The van der Waals surface area contributed by atoms with Gasteiger partial charge in [-0.1, -0.05) is 34.6 Å². The Kier molecular flexibility index (Phi) is 7.20. The third kappa shape index (κ3) is 4.75. The maximum absolute atomic E-state index is 12.8. The van der Waals surface area contributed by atoms with Gasteiger partial charge in [-0.25, -0.2) is 19.9 Å². The number of hydrogen-bond donors (Lipinski definition) is 3. The molecule has 3 unspecified atom stereocenters. The van der Waals surface area contributed by atoms with E-state index in [2.05, 4.69) is 15.6 Å². The number of oxime groups is 1. The van der Waals surface area contributed by atoms with Crippen molar-refractivity contribution in [1.82, 2.24) is 15.3 Å². The molecule has 2 amide bonds. The number of fused-ring (bicyclic) bond motifs is 1. The fourth-order valence-corrected chi connectivity index (χ4v) is 7.12. The lowest BCUT2D eigenvalue weighted by Crippen LogP contribution is -2.76. The van der Waals surface area contributed by atoms with Crippen LogP contribution in [-0.2, 0) is 33.5 Å². The van der Waals surface area contributed by atoms with Gasteiger partial charge in [0.15, 0.2) is 11.1 Å². The third-order valence-electron chi connectivity index (χ3n) is 5.58. The highest BCUT2D eigenvalue weighted by Crippen LogP contribution is 2.41. The monoisotopic (exact) mass is 558 g/mol. The summed E-state index contributed by atoms with van der Waals surface area (Å²) in [6.07, 6.45) is 0. The molecule has 2 saturated heterocycles. The molecule has 4 atom stereocenters. The predicted molar refractivity (Wildman–Crippen MR) is 130 cm³/mol. The second-order valence-corrected chi connectivity index (χ2v) is 11.6. The molecule has 3 aliphatic heterocycles. The summed E-state index contributed by atoms with van der Waals surface area (Å²) in [5, 5.41) is 19.6. The van der Waals surface area contributed by atoms with Crippen LogP contribution in [-0.4, -0.2) is 94.4 Å². The molecule has 36 heavy (non-hydrogen) atoms. The van der Waals surface area contributed by atoms with E-state index in [4.69, 9.17) is 14.9 Å². The number of carboxylic acids is 1. The molecule has 0 bridgehead atoms. The number of β-lactam (4-membered cyclic amide) rings is 1. The Labute approximate surface area is 214 Å². The number of carbonyl (C=O) groups excluding carboxylic acids is 2. The topological polar surface area (TPSA) is 193 Å². The fourth-order valence-electron chi connectivity index (χ4n) is 3.69. The lowest BCUT2D eigenvalue weighted by molar-refractivity contribution is -0.163. The van der Waals surface area contributed by atoms with Crippen LogP contribution < -0.4 is 11.2 Å². The Balaban J connectivity index is 1.47. The third-order valence-corrected chi connectivity index (χ3v) is 9.38. The second kappa shape index (κ2) is 9.89. The molecule has 17 heteroatoms. The van der Waals surface area contributed by atoms with E-state index in [0.717, 1.165) is 39.1 Å². The van der Waals surface area contributed by atoms with E-state index >= 15 is 0 Å². The Morgan fingerprint density at radius 2 is 2.03 bits per heavy atom. The van der Waals surface area contributed by atoms with Crippen LogP contribution in [0.2, 0.25) is 0 Å².